The van der Waals surface area contributed by atoms with E-state index in [1.165, 1.54) is 0 Å². The van der Waals surface area contributed by atoms with Gasteiger partial charge in [-0.1, -0.05) is 32.0 Å². The fourth-order valence-electron chi connectivity index (χ4n) is 3.24. The number of halogens is 1. The molecule has 0 bridgehead atoms. The average molecular weight is 263 g/mol. The molecule has 19 heavy (non-hydrogen) atoms. The lowest BCUT2D eigenvalue weighted by Crippen LogP contribution is -2.50. The van der Waals surface area contributed by atoms with Gasteiger partial charge in [0.25, 0.3) is 5.91 Å². The molecular weight excluding hydrogens is 245 g/mol. The van der Waals surface area contributed by atoms with Crippen LogP contribution in [0.2, 0.25) is 0 Å². The fraction of sp³-hybridized carbons (Fsp3) is 0.533. The van der Waals surface area contributed by atoms with E-state index in [-0.39, 0.29) is 17.9 Å². The van der Waals surface area contributed by atoms with E-state index in [2.05, 4.69) is 0 Å². The molecule has 1 heterocycles. The average Bonchev–Trinajstić information content (AvgIpc) is 3.04. The van der Waals surface area contributed by atoms with Gasteiger partial charge >= 0.3 is 0 Å². The van der Waals surface area contributed by atoms with Gasteiger partial charge in [-0.05, 0) is 6.07 Å². The first-order valence-electron chi connectivity index (χ1n) is 6.66. The zero-order valence-corrected chi connectivity index (χ0v) is 11.4. The predicted molar refractivity (Wildman–Crippen MR) is 69.4 cm³/mol. The summed E-state index contributed by atoms with van der Waals surface area (Å²) in [5.41, 5.74) is 0.660. The van der Waals surface area contributed by atoms with Crippen molar-refractivity contribution in [2.24, 2.45) is 5.92 Å². The third kappa shape index (κ3) is 1.49. The van der Waals surface area contributed by atoms with Gasteiger partial charge in [-0.25, -0.2) is 4.39 Å². The molecule has 0 saturated heterocycles. The smallest absolute Gasteiger partial charge is 0.257 e. The number of amides is 1. The van der Waals surface area contributed by atoms with Crippen LogP contribution in [0.1, 0.15) is 36.2 Å². The summed E-state index contributed by atoms with van der Waals surface area (Å²) in [4.78, 5) is 14.2. The van der Waals surface area contributed by atoms with E-state index in [1.54, 1.807) is 18.1 Å². The van der Waals surface area contributed by atoms with Gasteiger partial charge in [-0.15, -0.1) is 0 Å². The maximum absolute atomic E-state index is 13.5. The molecule has 1 aromatic carbocycles. The molecule has 1 aliphatic carbocycles. The summed E-state index contributed by atoms with van der Waals surface area (Å²) < 4.78 is 19.3. The van der Waals surface area contributed by atoms with Gasteiger partial charge < -0.3 is 4.74 Å². The van der Waals surface area contributed by atoms with Crippen LogP contribution in [0, 0.1) is 5.92 Å². The van der Waals surface area contributed by atoms with Gasteiger partial charge in [0.1, 0.15) is 6.17 Å². The van der Waals surface area contributed by atoms with Gasteiger partial charge in [0.15, 0.2) is 5.72 Å². The summed E-state index contributed by atoms with van der Waals surface area (Å²) in [6, 6.07) is 7.09. The molecule has 4 heteroatoms. The second-order valence-electron chi connectivity index (χ2n) is 5.60. The summed E-state index contributed by atoms with van der Waals surface area (Å²) in [5, 5.41) is 0. The van der Waals surface area contributed by atoms with E-state index < -0.39 is 11.9 Å². The Kier molecular flexibility index (Phi) is 2.68. The summed E-state index contributed by atoms with van der Waals surface area (Å²) in [7, 11) is 1.60. The van der Waals surface area contributed by atoms with Gasteiger partial charge in [-0.3, -0.25) is 9.69 Å². The molecule has 1 aliphatic heterocycles. The maximum atomic E-state index is 13.5. The number of fused-ring (bicyclic) bond motifs is 1. The monoisotopic (exact) mass is 263 g/mol. The van der Waals surface area contributed by atoms with Crippen LogP contribution in [0.5, 0.6) is 0 Å². The largest absolute Gasteiger partial charge is 0.354 e. The van der Waals surface area contributed by atoms with Gasteiger partial charge in [0.2, 0.25) is 0 Å². The van der Waals surface area contributed by atoms with Crippen molar-refractivity contribution in [3.8, 4) is 0 Å². The second kappa shape index (κ2) is 4.04. The number of alkyl halides is 1. The lowest BCUT2D eigenvalue weighted by atomic mass is 9.90. The highest BCUT2D eigenvalue weighted by Gasteiger charge is 2.60. The number of hydrogen-bond acceptors (Lipinski definition) is 2. The zero-order chi connectivity index (χ0) is 13.8. The molecular formula is C15H18FNO2. The molecule has 0 N–H and O–H groups in total. The molecule has 1 unspecified atom stereocenters. The van der Waals surface area contributed by atoms with Crippen molar-refractivity contribution in [2.75, 3.05) is 7.11 Å². The van der Waals surface area contributed by atoms with Crippen LogP contribution in [0.4, 0.5) is 4.39 Å². The van der Waals surface area contributed by atoms with Crippen LogP contribution >= 0.6 is 0 Å². The first-order valence-corrected chi connectivity index (χ1v) is 6.66. The number of hydrogen-bond donors (Lipinski definition) is 0. The van der Waals surface area contributed by atoms with Gasteiger partial charge in [-0.2, -0.15) is 0 Å². The van der Waals surface area contributed by atoms with Crippen molar-refractivity contribution in [1.82, 2.24) is 4.90 Å². The van der Waals surface area contributed by atoms with E-state index in [0.717, 1.165) is 5.56 Å². The SMILES string of the molecule is COC1(C(C)C)c2ccccc2C(=O)N1[C@@H]1C[C@@H]1F. The molecule has 1 aromatic rings. The Morgan fingerprint density at radius 2 is 2.05 bits per heavy atom. The predicted octanol–water partition coefficient (Wildman–Crippen LogP) is 2.71. The van der Waals surface area contributed by atoms with E-state index >= 15 is 0 Å². The molecule has 102 valence electrons. The molecule has 3 rings (SSSR count). The molecule has 2 aliphatic rings. The maximum Gasteiger partial charge on any atom is 0.257 e. The molecule has 1 saturated carbocycles. The van der Waals surface area contributed by atoms with Crippen molar-refractivity contribution in [2.45, 2.75) is 38.2 Å². The third-order valence-corrected chi connectivity index (χ3v) is 4.23. The first-order chi connectivity index (χ1) is 9.04. The highest BCUT2D eigenvalue weighted by molar-refractivity contribution is 6.00. The number of ether oxygens (including phenoxy) is 1. The molecule has 0 aromatic heterocycles. The minimum atomic E-state index is -0.925. The molecule has 0 spiro atoms. The van der Waals surface area contributed by atoms with E-state index in [4.69, 9.17) is 4.74 Å². The normalized spacial score (nSPS) is 32.9. The Balaban J connectivity index is 2.18. The van der Waals surface area contributed by atoms with Gasteiger partial charge in [0.05, 0.1) is 6.04 Å². The highest BCUT2D eigenvalue weighted by atomic mass is 19.1. The Morgan fingerprint density at radius 3 is 2.58 bits per heavy atom. The molecule has 0 radical (unpaired) electrons. The number of rotatable bonds is 3. The Hall–Kier alpha value is -1.42. The zero-order valence-electron chi connectivity index (χ0n) is 11.4. The number of carbonyl (C=O) groups is 1. The minimum absolute atomic E-state index is 0.0536. The summed E-state index contributed by atoms with van der Waals surface area (Å²) in [6.45, 7) is 4.00. The van der Waals surface area contributed by atoms with Crippen molar-refractivity contribution in [3.63, 3.8) is 0 Å². The number of benzene rings is 1. The summed E-state index contributed by atoms with van der Waals surface area (Å²) in [6.07, 6.45) is -0.510. The minimum Gasteiger partial charge on any atom is -0.354 e. The van der Waals surface area contributed by atoms with Crippen molar-refractivity contribution < 1.29 is 13.9 Å². The lowest BCUT2D eigenvalue weighted by molar-refractivity contribution is -0.151. The molecule has 3 nitrogen and oxygen atoms in total. The fourth-order valence-corrected chi connectivity index (χ4v) is 3.24. The third-order valence-electron chi connectivity index (χ3n) is 4.23. The molecule has 3 atom stereocenters. The van der Waals surface area contributed by atoms with Crippen molar-refractivity contribution >= 4 is 5.91 Å². The summed E-state index contributed by atoms with van der Waals surface area (Å²) in [5.74, 6) is -0.0609. The van der Waals surface area contributed by atoms with E-state index in [1.807, 2.05) is 32.0 Å². The number of carbonyl (C=O) groups excluding carboxylic acids is 1. The molecule has 1 fully saturated rings. The van der Waals surface area contributed by atoms with Crippen LogP contribution < -0.4 is 0 Å². The molecule has 1 amide bonds. The Morgan fingerprint density at radius 1 is 1.42 bits per heavy atom. The standard InChI is InChI=1S/C15H18FNO2/c1-9(2)15(19-3)11-7-5-4-6-10(11)14(18)17(15)13-8-12(13)16/h4-7,9,12-13H,8H2,1-3H3/t12-,13+,15?/m0/s1. The van der Waals surface area contributed by atoms with Crippen LogP contribution in [0.25, 0.3) is 0 Å². The lowest BCUT2D eigenvalue weighted by Gasteiger charge is -2.41. The van der Waals surface area contributed by atoms with Crippen molar-refractivity contribution in [1.29, 1.82) is 0 Å². The van der Waals surface area contributed by atoms with Crippen LogP contribution in [0.15, 0.2) is 24.3 Å². The number of nitrogens with zero attached hydrogens (tertiary/aromatic N) is 1. The first kappa shape index (κ1) is 12.6. The number of methoxy groups -OCH3 is 1. The topological polar surface area (TPSA) is 29.5 Å². The van der Waals surface area contributed by atoms with E-state index in [0.29, 0.717) is 12.0 Å². The second-order valence-corrected chi connectivity index (χ2v) is 5.60. The summed E-state index contributed by atoms with van der Waals surface area (Å²) >= 11 is 0. The Labute approximate surface area is 112 Å². The van der Waals surface area contributed by atoms with Crippen LogP contribution in [-0.4, -0.2) is 30.1 Å². The van der Waals surface area contributed by atoms with Gasteiger partial charge in [0, 0.05) is 30.6 Å². The van der Waals surface area contributed by atoms with Crippen LogP contribution in [0.3, 0.4) is 0 Å². The van der Waals surface area contributed by atoms with Crippen LogP contribution in [-0.2, 0) is 10.5 Å². The van der Waals surface area contributed by atoms with E-state index in [9.17, 15) is 9.18 Å². The quantitative estimate of drug-likeness (QED) is 0.839. The van der Waals surface area contributed by atoms with Crippen molar-refractivity contribution in [3.05, 3.63) is 35.4 Å². The Bertz CT molecular complexity index is 531. The highest BCUT2D eigenvalue weighted by Crippen LogP contribution is 2.50.